The second-order valence-corrected chi connectivity index (χ2v) is 6.32. The highest BCUT2D eigenvalue weighted by molar-refractivity contribution is 7.88. The number of nitrogens with one attached hydrogen (secondary N) is 2. The number of hydrogen-bond donors (Lipinski definition) is 3. The van der Waals surface area contributed by atoms with Gasteiger partial charge in [-0.2, -0.15) is 0 Å². The number of rotatable bonds is 6. The first-order valence-electron chi connectivity index (χ1n) is 5.81. The Balaban J connectivity index is 0.00000361. The monoisotopic (exact) mass is 321 g/mol. The molecule has 0 saturated heterocycles. The Kier molecular flexibility index (Phi) is 7.15. The molecule has 8 heteroatoms. The van der Waals surface area contributed by atoms with Crippen LogP contribution >= 0.6 is 12.4 Å². The minimum Gasteiger partial charge on any atom is -0.353 e. The molecule has 0 heterocycles. The fourth-order valence-corrected chi connectivity index (χ4v) is 1.98. The van der Waals surface area contributed by atoms with Gasteiger partial charge in [-0.1, -0.05) is 30.3 Å². The van der Waals surface area contributed by atoms with Crippen molar-refractivity contribution in [3.63, 3.8) is 0 Å². The maximum atomic E-state index is 12.0. The first-order valence-corrected chi connectivity index (χ1v) is 7.70. The van der Waals surface area contributed by atoms with Crippen molar-refractivity contribution in [1.82, 2.24) is 10.0 Å². The lowest BCUT2D eigenvalue weighted by Gasteiger charge is -2.24. The molecule has 0 aliphatic carbocycles. The molecule has 1 unspecified atom stereocenters. The fraction of sp³-hybridized carbons (Fsp3) is 0.417. The molecular formula is C12H20ClN3O3S. The summed E-state index contributed by atoms with van der Waals surface area (Å²) in [6, 6.07) is 8.99. The molecule has 0 aromatic heterocycles. The van der Waals surface area contributed by atoms with Crippen LogP contribution in [0.3, 0.4) is 0 Å². The van der Waals surface area contributed by atoms with Crippen LogP contribution in [0.1, 0.15) is 12.5 Å². The first kappa shape index (κ1) is 18.9. The van der Waals surface area contributed by atoms with E-state index in [1.165, 1.54) is 0 Å². The largest absolute Gasteiger partial charge is 0.353 e. The van der Waals surface area contributed by atoms with Crippen LogP contribution in [0, 0.1) is 0 Å². The molecule has 1 aromatic carbocycles. The van der Waals surface area contributed by atoms with Crippen molar-refractivity contribution in [2.45, 2.75) is 12.5 Å². The quantitative estimate of drug-likeness (QED) is 0.639. The topological polar surface area (TPSA) is 101 Å². The lowest BCUT2D eigenvalue weighted by molar-refractivity contribution is -0.126. The number of benzene rings is 1. The molecule has 1 rings (SSSR count). The van der Waals surface area contributed by atoms with Crippen LogP contribution in [0.25, 0.3) is 0 Å². The van der Waals surface area contributed by atoms with Crippen LogP contribution in [-0.4, -0.2) is 33.7 Å². The number of hydrogen-bond acceptors (Lipinski definition) is 4. The maximum Gasteiger partial charge on any atom is 0.244 e. The van der Waals surface area contributed by atoms with E-state index in [4.69, 9.17) is 5.73 Å². The average molecular weight is 322 g/mol. The summed E-state index contributed by atoms with van der Waals surface area (Å²) >= 11 is 0. The Morgan fingerprint density at radius 1 is 1.25 bits per heavy atom. The van der Waals surface area contributed by atoms with E-state index >= 15 is 0 Å². The zero-order chi connectivity index (χ0) is 14.5. The number of carbonyl (C=O) groups excluding carboxylic acids is 1. The molecule has 0 spiro atoms. The summed E-state index contributed by atoms with van der Waals surface area (Å²) in [6.45, 7) is 1.93. The van der Waals surface area contributed by atoms with Gasteiger partial charge in [-0.15, -0.1) is 12.4 Å². The van der Waals surface area contributed by atoms with Crippen molar-refractivity contribution >= 4 is 28.3 Å². The number of nitrogens with two attached hydrogens (primary N) is 1. The molecule has 1 amide bonds. The smallest absolute Gasteiger partial charge is 0.244 e. The fourth-order valence-electron chi connectivity index (χ4n) is 1.51. The van der Waals surface area contributed by atoms with Gasteiger partial charge in [0.1, 0.15) is 5.54 Å². The van der Waals surface area contributed by atoms with Gasteiger partial charge in [0.15, 0.2) is 0 Å². The lowest BCUT2D eigenvalue weighted by atomic mass is 9.92. The molecule has 4 N–H and O–H groups in total. The van der Waals surface area contributed by atoms with E-state index in [1.54, 1.807) is 31.2 Å². The van der Waals surface area contributed by atoms with Crippen LogP contribution < -0.4 is 15.8 Å². The van der Waals surface area contributed by atoms with E-state index in [9.17, 15) is 13.2 Å². The maximum absolute atomic E-state index is 12.0. The molecule has 0 saturated carbocycles. The van der Waals surface area contributed by atoms with Crippen LogP contribution in [0.2, 0.25) is 0 Å². The molecule has 0 bridgehead atoms. The normalized spacial score (nSPS) is 13.9. The highest BCUT2D eigenvalue weighted by atomic mass is 35.5. The van der Waals surface area contributed by atoms with Crippen molar-refractivity contribution in [2.75, 3.05) is 19.3 Å². The van der Waals surface area contributed by atoms with Gasteiger partial charge in [-0.25, -0.2) is 13.1 Å². The minimum absolute atomic E-state index is 0. The van der Waals surface area contributed by atoms with Crippen molar-refractivity contribution in [2.24, 2.45) is 5.73 Å². The van der Waals surface area contributed by atoms with Crippen LogP contribution in [-0.2, 0) is 20.4 Å². The summed E-state index contributed by atoms with van der Waals surface area (Å²) < 4.78 is 24.0. The summed E-state index contributed by atoms with van der Waals surface area (Å²) in [7, 11) is -3.24. The average Bonchev–Trinajstić information content (AvgIpc) is 2.34. The molecule has 20 heavy (non-hydrogen) atoms. The molecular weight excluding hydrogens is 302 g/mol. The Morgan fingerprint density at radius 2 is 1.80 bits per heavy atom. The van der Waals surface area contributed by atoms with Crippen molar-refractivity contribution in [3.8, 4) is 0 Å². The third-order valence-corrected chi connectivity index (χ3v) is 3.35. The SMILES string of the molecule is CC(N)(C(=O)NCCNS(C)(=O)=O)c1ccccc1.Cl. The van der Waals surface area contributed by atoms with Gasteiger partial charge < -0.3 is 11.1 Å². The second kappa shape index (κ2) is 7.58. The van der Waals surface area contributed by atoms with Crippen molar-refractivity contribution in [1.29, 1.82) is 0 Å². The number of amides is 1. The standard InChI is InChI=1S/C12H19N3O3S.ClH/c1-12(13,10-6-4-3-5-7-10)11(16)14-8-9-15-19(2,17)18;/h3-7,15H,8-9,13H2,1-2H3,(H,14,16);1H. The van der Waals surface area contributed by atoms with Gasteiger partial charge in [-0.3, -0.25) is 4.79 Å². The molecule has 114 valence electrons. The minimum atomic E-state index is -3.24. The van der Waals surface area contributed by atoms with E-state index in [2.05, 4.69) is 10.0 Å². The Hall–Kier alpha value is -1.15. The first-order chi connectivity index (χ1) is 8.73. The van der Waals surface area contributed by atoms with E-state index in [-0.39, 0.29) is 31.4 Å². The molecule has 1 aromatic rings. The Morgan fingerprint density at radius 3 is 2.30 bits per heavy atom. The van der Waals surface area contributed by atoms with Gasteiger partial charge in [0.2, 0.25) is 15.9 Å². The Bertz CT molecular complexity index is 532. The summed E-state index contributed by atoms with van der Waals surface area (Å²) in [6.07, 6.45) is 1.06. The number of carbonyl (C=O) groups is 1. The molecule has 6 nitrogen and oxygen atoms in total. The molecule has 0 radical (unpaired) electrons. The lowest BCUT2D eigenvalue weighted by Crippen LogP contribution is -2.50. The molecule has 0 aliphatic rings. The van der Waals surface area contributed by atoms with Crippen molar-refractivity contribution < 1.29 is 13.2 Å². The van der Waals surface area contributed by atoms with Gasteiger partial charge >= 0.3 is 0 Å². The van der Waals surface area contributed by atoms with Crippen molar-refractivity contribution in [3.05, 3.63) is 35.9 Å². The highest BCUT2D eigenvalue weighted by Gasteiger charge is 2.29. The third kappa shape index (κ3) is 5.87. The van der Waals surface area contributed by atoms with E-state index < -0.39 is 15.6 Å². The summed E-state index contributed by atoms with van der Waals surface area (Å²) in [5, 5.41) is 2.60. The molecule has 0 aliphatic heterocycles. The summed E-state index contributed by atoms with van der Waals surface area (Å²) in [4.78, 5) is 12.0. The summed E-state index contributed by atoms with van der Waals surface area (Å²) in [5.74, 6) is -0.353. The third-order valence-electron chi connectivity index (χ3n) is 2.62. The zero-order valence-corrected chi connectivity index (χ0v) is 13.1. The van der Waals surface area contributed by atoms with Crippen LogP contribution in [0.5, 0.6) is 0 Å². The molecule has 1 atom stereocenters. The van der Waals surface area contributed by atoms with Gasteiger partial charge in [0.05, 0.1) is 6.26 Å². The van der Waals surface area contributed by atoms with E-state index in [0.29, 0.717) is 5.56 Å². The zero-order valence-electron chi connectivity index (χ0n) is 11.4. The molecule has 0 fully saturated rings. The highest BCUT2D eigenvalue weighted by Crippen LogP contribution is 2.16. The van der Waals surface area contributed by atoms with E-state index in [0.717, 1.165) is 6.26 Å². The van der Waals surface area contributed by atoms with Crippen LogP contribution in [0.4, 0.5) is 0 Å². The summed E-state index contributed by atoms with van der Waals surface area (Å²) in [5.41, 5.74) is 5.55. The van der Waals surface area contributed by atoms with Gasteiger partial charge in [0.25, 0.3) is 0 Å². The Labute approximate surface area is 125 Å². The van der Waals surface area contributed by atoms with Crippen LogP contribution in [0.15, 0.2) is 30.3 Å². The predicted octanol–water partition coefficient (Wildman–Crippen LogP) is -0.0523. The van der Waals surface area contributed by atoms with Gasteiger partial charge in [0, 0.05) is 13.1 Å². The predicted molar refractivity (Wildman–Crippen MR) is 81.1 cm³/mol. The number of sulfonamides is 1. The van der Waals surface area contributed by atoms with E-state index in [1.807, 2.05) is 6.07 Å². The van der Waals surface area contributed by atoms with Gasteiger partial charge in [-0.05, 0) is 12.5 Å². The number of halogens is 1. The second-order valence-electron chi connectivity index (χ2n) is 4.49.